The second-order valence-electron chi connectivity index (χ2n) is 8.98. The van der Waals surface area contributed by atoms with E-state index >= 15 is 0 Å². The van der Waals surface area contributed by atoms with Gasteiger partial charge in [0.15, 0.2) is 5.13 Å². The lowest BCUT2D eigenvalue weighted by atomic mass is 9.95. The zero-order chi connectivity index (χ0) is 26.7. The lowest BCUT2D eigenvalue weighted by molar-refractivity contribution is -0.134. The van der Waals surface area contributed by atoms with E-state index in [0.717, 1.165) is 16.7 Å². The molecule has 0 saturated heterocycles. The Morgan fingerprint density at radius 3 is 2.68 bits per heavy atom. The third-order valence-electron chi connectivity index (χ3n) is 5.93. The van der Waals surface area contributed by atoms with Gasteiger partial charge in [-0.05, 0) is 50.2 Å². The first kappa shape index (κ1) is 26.5. The largest absolute Gasteiger partial charge is 0.427 e. The van der Waals surface area contributed by atoms with Gasteiger partial charge in [0.1, 0.15) is 10.7 Å². The minimum Gasteiger partial charge on any atom is -0.306 e. The number of carbonyl (C=O) groups is 2. The van der Waals surface area contributed by atoms with E-state index in [9.17, 15) is 22.8 Å². The van der Waals surface area contributed by atoms with Crippen molar-refractivity contribution in [2.24, 2.45) is 0 Å². The normalized spacial score (nSPS) is 14.3. The number of thiazole rings is 1. The first-order valence-corrected chi connectivity index (χ1v) is 12.4. The first-order valence-electron chi connectivity index (χ1n) is 11.6. The maximum absolute atomic E-state index is 12.8. The number of anilines is 2. The van der Waals surface area contributed by atoms with E-state index < -0.39 is 22.9 Å². The Balaban J connectivity index is 1.47. The van der Waals surface area contributed by atoms with Crippen molar-refractivity contribution in [2.45, 2.75) is 25.4 Å². The van der Waals surface area contributed by atoms with Crippen LogP contribution in [0.15, 0.2) is 54.9 Å². The topological polar surface area (TPSA) is 78.4 Å². The van der Waals surface area contributed by atoms with Crippen molar-refractivity contribution in [2.75, 3.05) is 37.4 Å². The van der Waals surface area contributed by atoms with Crippen molar-refractivity contribution in [3.63, 3.8) is 0 Å². The molecule has 0 fully saturated rings. The number of aromatic nitrogens is 2. The Morgan fingerprint density at radius 2 is 1.97 bits per heavy atom. The fourth-order valence-corrected chi connectivity index (χ4v) is 4.60. The van der Waals surface area contributed by atoms with Crippen LogP contribution < -0.4 is 10.2 Å². The van der Waals surface area contributed by atoms with E-state index in [0.29, 0.717) is 48.4 Å². The van der Waals surface area contributed by atoms with Crippen LogP contribution in [0.3, 0.4) is 0 Å². The highest BCUT2D eigenvalue weighted by molar-refractivity contribution is 7.15. The quantitative estimate of drug-likeness (QED) is 0.437. The molecule has 1 unspecified atom stereocenters. The highest BCUT2D eigenvalue weighted by Gasteiger charge is 2.33. The van der Waals surface area contributed by atoms with Crippen LogP contribution in [0.1, 0.15) is 28.8 Å². The van der Waals surface area contributed by atoms with Crippen molar-refractivity contribution in [3.05, 3.63) is 70.9 Å². The molecule has 0 saturated carbocycles. The smallest absolute Gasteiger partial charge is 0.306 e. The summed E-state index contributed by atoms with van der Waals surface area (Å²) in [7, 11) is 3.86. The van der Waals surface area contributed by atoms with E-state index in [2.05, 4.69) is 15.3 Å². The molecule has 3 aromatic rings. The number of nitrogens with one attached hydrogen (secondary N) is 1. The molecule has 4 rings (SSSR count). The molecular formula is C26H26F3N5O2S. The van der Waals surface area contributed by atoms with Crippen molar-refractivity contribution < 1.29 is 22.8 Å². The van der Waals surface area contributed by atoms with Crippen LogP contribution in [0.5, 0.6) is 0 Å². The van der Waals surface area contributed by atoms with Crippen LogP contribution >= 0.6 is 11.3 Å². The highest BCUT2D eigenvalue weighted by Crippen LogP contribution is 2.36. The summed E-state index contributed by atoms with van der Waals surface area (Å²) in [4.78, 5) is 36.3. The molecule has 1 atom stereocenters. The number of nitrogens with zero attached hydrogens (tertiary/aromatic N) is 4. The van der Waals surface area contributed by atoms with E-state index in [1.807, 2.05) is 49.3 Å². The molecule has 7 nitrogen and oxygen atoms in total. The van der Waals surface area contributed by atoms with Gasteiger partial charge in [0, 0.05) is 30.9 Å². The van der Waals surface area contributed by atoms with Gasteiger partial charge < -0.3 is 10.2 Å². The van der Waals surface area contributed by atoms with Crippen LogP contribution in [-0.4, -0.2) is 53.9 Å². The number of hydrogen-bond donors (Lipinski definition) is 1. The van der Waals surface area contributed by atoms with Gasteiger partial charge in [0.05, 0.1) is 12.1 Å². The van der Waals surface area contributed by atoms with Gasteiger partial charge in [-0.15, -0.1) is 0 Å². The molecule has 0 radical (unpaired) electrons. The summed E-state index contributed by atoms with van der Waals surface area (Å²) < 4.78 is 38.4. The van der Waals surface area contributed by atoms with Gasteiger partial charge in [0.25, 0.3) is 5.91 Å². The van der Waals surface area contributed by atoms with Crippen LogP contribution in [0.25, 0.3) is 11.1 Å². The predicted octanol–water partition coefficient (Wildman–Crippen LogP) is 4.97. The number of halogens is 3. The molecule has 2 aromatic heterocycles. The Kier molecular flexibility index (Phi) is 7.74. The zero-order valence-electron chi connectivity index (χ0n) is 20.5. The van der Waals surface area contributed by atoms with Crippen LogP contribution in [-0.2, 0) is 22.2 Å². The molecule has 1 aliphatic heterocycles. The monoisotopic (exact) mass is 529 g/mol. The van der Waals surface area contributed by atoms with Crippen molar-refractivity contribution in [1.82, 2.24) is 14.9 Å². The summed E-state index contributed by atoms with van der Waals surface area (Å²) in [6, 6.07) is 9.36. The highest BCUT2D eigenvalue weighted by atomic mass is 32.1. The average molecular weight is 530 g/mol. The molecule has 0 spiro atoms. The van der Waals surface area contributed by atoms with E-state index in [1.165, 1.54) is 0 Å². The predicted molar refractivity (Wildman–Crippen MR) is 138 cm³/mol. The maximum atomic E-state index is 12.8. The Hall–Kier alpha value is -3.57. The fraction of sp³-hybridized carbons (Fsp3) is 0.308. The standard InChI is InChI=1S/C26H26F3N5O2S/c1-16(24(36)32-25-31-15-21(37-25)26(27,28)29)17-6-4-7-18(12-17)20-13-19-9-11-34(23(19)30-14-20)22(35)8-5-10-33(2)3/h4-8,12-16H,9-11H2,1-3H3,(H,31,32,36)/b8-5+. The molecule has 1 aliphatic rings. The SMILES string of the molecule is CC(C(=O)Nc1ncc(C(F)(F)F)s1)c1cccc(-c2cnc3c(c2)CCN3C(=O)/C=C/CN(C)C)c1. The molecule has 0 aliphatic carbocycles. The molecule has 11 heteroatoms. The lowest BCUT2D eigenvalue weighted by Crippen LogP contribution is -2.27. The summed E-state index contributed by atoms with van der Waals surface area (Å²) in [5, 5.41) is 2.37. The van der Waals surface area contributed by atoms with Gasteiger partial charge >= 0.3 is 6.18 Å². The first-order chi connectivity index (χ1) is 17.5. The summed E-state index contributed by atoms with van der Waals surface area (Å²) in [5.74, 6) is -0.537. The number of rotatable bonds is 7. The van der Waals surface area contributed by atoms with Crippen LogP contribution in [0.2, 0.25) is 0 Å². The van der Waals surface area contributed by atoms with Gasteiger partial charge in [-0.2, -0.15) is 13.2 Å². The summed E-state index contributed by atoms with van der Waals surface area (Å²) in [6.07, 6.45) is 1.98. The van der Waals surface area contributed by atoms with Gasteiger partial charge in [-0.1, -0.05) is 41.7 Å². The van der Waals surface area contributed by atoms with Gasteiger partial charge in [-0.3, -0.25) is 14.5 Å². The van der Waals surface area contributed by atoms with Gasteiger partial charge in [-0.25, -0.2) is 9.97 Å². The van der Waals surface area contributed by atoms with Crippen molar-refractivity contribution in [1.29, 1.82) is 0 Å². The van der Waals surface area contributed by atoms with E-state index in [1.54, 1.807) is 30.2 Å². The molecule has 0 bridgehead atoms. The average Bonchev–Trinajstić information content (AvgIpc) is 3.50. The molecule has 1 aromatic carbocycles. The van der Waals surface area contributed by atoms with Crippen molar-refractivity contribution >= 4 is 34.1 Å². The van der Waals surface area contributed by atoms with Crippen LogP contribution in [0.4, 0.5) is 24.1 Å². The second kappa shape index (κ2) is 10.8. The third-order valence-corrected chi connectivity index (χ3v) is 6.89. The number of likely N-dealkylation sites (N-methyl/N-ethyl adjacent to an activating group) is 1. The van der Waals surface area contributed by atoms with E-state index in [4.69, 9.17) is 0 Å². The molecule has 3 heterocycles. The van der Waals surface area contributed by atoms with Crippen LogP contribution in [0, 0.1) is 0 Å². The summed E-state index contributed by atoms with van der Waals surface area (Å²) in [6.45, 7) is 2.91. The number of amides is 2. The van der Waals surface area contributed by atoms with Crippen molar-refractivity contribution in [3.8, 4) is 11.1 Å². The summed E-state index contributed by atoms with van der Waals surface area (Å²) in [5.41, 5.74) is 3.36. The molecule has 194 valence electrons. The zero-order valence-corrected chi connectivity index (χ0v) is 21.4. The molecular weight excluding hydrogens is 503 g/mol. The molecule has 2 amide bonds. The number of pyridine rings is 1. The fourth-order valence-electron chi connectivity index (χ4n) is 3.91. The number of hydrogen-bond acceptors (Lipinski definition) is 6. The number of alkyl halides is 3. The summed E-state index contributed by atoms with van der Waals surface area (Å²) >= 11 is 0.389. The minimum absolute atomic E-state index is 0.0983. The lowest BCUT2D eigenvalue weighted by Gasteiger charge is -2.15. The number of carbonyl (C=O) groups excluding carboxylic acids is 2. The minimum atomic E-state index is -4.50. The Morgan fingerprint density at radius 1 is 1.19 bits per heavy atom. The Labute approximate surface area is 216 Å². The third kappa shape index (κ3) is 6.23. The maximum Gasteiger partial charge on any atom is 0.427 e. The number of benzene rings is 1. The molecule has 37 heavy (non-hydrogen) atoms. The molecule has 1 N–H and O–H groups in total. The van der Waals surface area contributed by atoms with Gasteiger partial charge in [0.2, 0.25) is 5.91 Å². The Bertz CT molecular complexity index is 1340. The van der Waals surface area contributed by atoms with E-state index in [-0.39, 0.29) is 11.0 Å². The second-order valence-corrected chi connectivity index (χ2v) is 10.0. The number of fused-ring (bicyclic) bond motifs is 1.